The number of oxazole rings is 1. The van der Waals surface area contributed by atoms with Gasteiger partial charge in [0.1, 0.15) is 5.52 Å². The predicted molar refractivity (Wildman–Crippen MR) is 77.9 cm³/mol. The third-order valence-corrected chi connectivity index (χ3v) is 4.50. The lowest BCUT2D eigenvalue weighted by atomic mass is 9.80. The van der Waals surface area contributed by atoms with Crippen LogP contribution in [-0.4, -0.2) is 34.2 Å². The fourth-order valence-electron chi connectivity index (χ4n) is 2.56. The van der Waals surface area contributed by atoms with E-state index in [9.17, 15) is 4.79 Å². The average molecular weight is 339 g/mol. The Morgan fingerprint density at radius 1 is 1.45 bits per heavy atom. The molecule has 2 aromatic rings. The molecule has 6 heteroatoms. The standard InChI is InChI=1S/C14H15BrN2O3/c1-14(4-6-17(7-5-14)13(18)19)12-16-10-8-9(15)2-3-11(10)20-12/h2-3,8H,4-7H2,1H3,(H,18,19). The van der Waals surface area contributed by atoms with Crippen molar-refractivity contribution in [3.05, 3.63) is 28.6 Å². The molecule has 0 saturated carbocycles. The zero-order valence-corrected chi connectivity index (χ0v) is 12.7. The van der Waals surface area contributed by atoms with Crippen LogP contribution in [0.15, 0.2) is 27.1 Å². The van der Waals surface area contributed by atoms with Crippen LogP contribution in [0.1, 0.15) is 25.7 Å². The highest BCUT2D eigenvalue weighted by molar-refractivity contribution is 9.10. The molecule has 1 aliphatic heterocycles. The summed E-state index contributed by atoms with van der Waals surface area (Å²) in [4.78, 5) is 17.0. The first kappa shape index (κ1) is 13.4. The van der Waals surface area contributed by atoms with E-state index in [0.717, 1.165) is 28.4 Å². The SMILES string of the molecule is CC1(c2nc3cc(Br)ccc3o2)CCN(C(=O)O)CC1. The van der Waals surface area contributed by atoms with Crippen LogP contribution in [0.3, 0.4) is 0 Å². The summed E-state index contributed by atoms with van der Waals surface area (Å²) in [5, 5.41) is 9.01. The molecule has 1 saturated heterocycles. The molecular formula is C14H15BrN2O3. The molecule has 1 fully saturated rings. The summed E-state index contributed by atoms with van der Waals surface area (Å²) in [6.45, 7) is 3.13. The summed E-state index contributed by atoms with van der Waals surface area (Å²) in [6.07, 6.45) is 0.606. The van der Waals surface area contributed by atoms with Gasteiger partial charge in [0.15, 0.2) is 5.58 Å². The molecule has 0 bridgehead atoms. The van der Waals surface area contributed by atoms with Crippen molar-refractivity contribution < 1.29 is 14.3 Å². The molecule has 106 valence electrons. The maximum Gasteiger partial charge on any atom is 0.407 e. The second-order valence-electron chi connectivity index (χ2n) is 5.46. The van der Waals surface area contributed by atoms with Gasteiger partial charge in [-0.2, -0.15) is 0 Å². The molecule has 5 nitrogen and oxygen atoms in total. The van der Waals surface area contributed by atoms with Crippen molar-refractivity contribution in [3.8, 4) is 0 Å². The summed E-state index contributed by atoms with van der Waals surface area (Å²) in [5.41, 5.74) is 1.40. The number of piperidine rings is 1. The maximum absolute atomic E-state index is 11.0. The van der Waals surface area contributed by atoms with E-state index in [4.69, 9.17) is 9.52 Å². The summed E-state index contributed by atoms with van der Waals surface area (Å²) in [5.74, 6) is 0.704. The van der Waals surface area contributed by atoms with Gasteiger partial charge in [-0.1, -0.05) is 22.9 Å². The largest absolute Gasteiger partial charge is 0.465 e. The fraction of sp³-hybridized carbons (Fsp3) is 0.429. The van der Waals surface area contributed by atoms with Gasteiger partial charge < -0.3 is 14.4 Å². The highest BCUT2D eigenvalue weighted by atomic mass is 79.9. The first-order valence-electron chi connectivity index (χ1n) is 6.52. The number of nitrogens with zero attached hydrogens (tertiary/aromatic N) is 2. The number of amides is 1. The molecule has 0 radical (unpaired) electrons. The summed E-state index contributed by atoms with van der Waals surface area (Å²) >= 11 is 3.42. The smallest absolute Gasteiger partial charge is 0.407 e. The Hall–Kier alpha value is -1.56. The van der Waals surface area contributed by atoms with Gasteiger partial charge in [-0.15, -0.1) is 0 Å². The lowest BCUT2D eigenvalue weighted by Crippen LogP contribution is -2.43. The molecule has 2 heterocycles. The highest BCUT2D eigenvalue weighted by Gasteiger charge is 2.37. The van der Waals surface area contributed by atoms with E-state index in [1.807, 2.05) is 18.2 Å². The van der Waals surface area contributed by atoms with Crippen LogP contribution in [-0.2, 0) is 5.41 Å². The Bertz CT molecular complexity index is 659. The summed E-state index contributed by atoms with van der Waals surface area (Å²) < 4.78 is 6.83. The van der Waals surface area contributed by atoms with Crippen LogP contribution in [0.5, 0.6) is 0 Å². The second-order valence-corrected chi connectivity index (χ2v) is 6.38. The van der Waals surface area contributed by atoms with Crippen LogP contribution in [0, 0.1) is 0 Å². The molecular weight excluding hydrogens is 324 g/mol. The molecule has 0 unspecified atom stereocenters. The van der Waals surface area contributed by atoms with Gasteiger partial charge >= 0.3 is 6.09 Å². The number of halogens is 1. The van der Waals surface area contributed by atoms with Gasteiger partial charge in [0.05, 0.1) is 0 Å². The topological polar surface area (TPSA) is 66.6 Å². The van der Waals surface area contributed by atoms with Crippen LogP contribution >= 0.6 is 15.9 Å². The van der Waals surface area contributed by atoms with Crippen LogP contribution < -0.4 is 0 Å². The van der Waals surface area contributed by atoms with E-state index < -0.39 is 6.09 Å². The van der Waals surface area contributed by atoms with Crippen molar-refractivity contribution in [2.75, 3.05) is 13.1 Å². The molecule has 1 aromatic carbocycles. The minimum Gasteiger partial charge on any atom is -0.465 e. The number of rotatable bonds is 1. The van der Waals surface area contributed by atoms with Gasteiger partial charge in [0.25, 0.3) is 0 Å². The van der Waals surface area contributed by atoms with Crippen molar-refractivity contribution in [2.45, 2.75) is 25.2 Å². The quantitative estimate of drug-likeness (QED) is 0.862. The first-order valence-corrected chi connectivity index (χ1v) is 7.32. The molecule has 0 atom stereocenters. The van der Waals surface area contributed by atoms with E-state index in [1.54, 1.807) is 0 Å². The fourth-order valence-corrected chi connectivity index (χ4v) is 2.91. The number of carbonyl (C=O) groups is 1. The van der Waals surface area contributed by atoms with Crippen LogP contribution in [0.2, 0.25) is 0 Å². The molecule has 1 amide bonds. The number of carboxylic acid groups (broad SMARTS) is 1. The predicted octanol–water partition coefficient (Wildman–Crippen LogP) is 3.62. The van der Waals surface area contributed by atoms with E-state index in [-0.39, 0.29) is 5.41 Å². The minimum atomic E-state index is -0.853. The number of fused-ring (bicyclic) bond motifs is 1. The van der Waals surface area contributed by atoms with E-state index in [1.165, 1.54) is 4.90 Å². The number of hydrogen-bond acceptors (Lipinski definition) is 3. The normalized spacial score (nSPS) is 18.4. The zero-order valence-electron chi connectivity index (χ0n) is 11.1. The monoisotopic (exact) mass is 338 g/mol. The van der Waals surface area contributed by atoms with Crippen molar-refractivity contribution in [1.29, 1.82) is 0 Å². The van der Waals surface area contributed by atoms with Gasteiger partial charge in [0.2, 0.25) is 5.89 Å². The molecule has 1 aliphatic rings. The van der Waals surface area contributed by atoms with Gasteiger partial charge in [-0.25, -0.2) is 9.78 Å². The van der Waals surface area contributed by atoms with E-state index in [0.29, 0.717) is 19.0 Å². The molecule has 3 rings (SSSR count). The Morgan fingerprint density at radius 3 is 2.80 bits per heavy atom. The molecule has 0 spiro atoms. The molecule has 20 heavy (non-hydrogen) atoms. The van der Waals surface area contributed by atoms with Crippen molar-refractivity contribution >= 4 is 33.1 Å². The first-order chi connectivity index (χ1) is 9.48. The molecule has 1 aromatic heterocycles. The Balaban J connectivity index is 1.89. The van der Waals surface area contributed by atoms with Gasteiger partial charge in [0, 0.05) is 23.0 Å². The molecule has 0 aliphatic carbocycles. The minimum absolute atomic E-state index is 0.197. The van der Waals surface area contributed by atoms with E-state index >= 15 is 0 Å². The van der Waals surface area contributed by atoms with Gasteiger partial charge in [-0.05, 0) is 31.0 Å². The van der Waals surface area contributed by atoms with Crippen molar-refractivity contribution in [2.24, 2.45) is 0 Å². The van der Waals surface area contributed by atoms with Crippen LogP contribution in [0.25, 0.3) is 11.1 Å². The van der Waals surface area contributed by atoms with Gasteiger partial charge in [-0.3, -0.25) is 0 Å². The highest BCUT2D eigenvalue weighted by Crippen LogP contribution is 2.36. The second kappa shape index (κ2) is 4.77. The zero-order chi connectivity index (χ0) is 14.3. The third kappa shape index (κ3) is 2.28. The lowest BCUT2D eigenvalue weighted by Gasteiger charge is -2.35. The van der Waals surface area contributed by atoms with Crippen LogP contribution in [0.4, 0.5) is 4.79 Å². The van der Waals surface area contributed by atoms with Crippen molar-refractivity contribution in [1.82, 2.24) is 9.88 Å². The lowest BCUT2D eigenvalue weighted by molar-refractivity contribution is 0.113. The third-order valence-electron chi connectivity index (χ3n) is 4.00. The Labute approximate surface area is 124 Å². The number of likely N-dealkylation sites (tertiary alicyclic amines) is 1. The summed E-state index contributed by atoms with van der Waals surface area (Å²) in [7, 11) is 0. The van der Waals surface area contributed by atoms with E-state index in [2.05, 4.69) is 27.8 Å². The number of benzene rings is 1. The Kier molecular flexibility index (Phi) is 3.20. The maximum atomic E-state index is 11.0. The van der Waals surface area contributed by atoms with Crippen molar-refractivity contribution in [3.63, 3.8) is 0 Å². The summed E-state index contributed by atoms with van der Waals surface area (Å²) in [6, 6.07) is 5.75. The Morgan fingerprint density at radius 2 is 2.15 bits per heavy atom. The number of aromatic nitrogens is 1. The number of hydrogen-bond donors (Lipinski definition) is 1. The average Bonchev–Trinajstić information content (AvgIpc) is 2.83. The molecule has 1 N–H and O–H groups in total.